The first-order chi connectivity index (χ1) is 27.4. The second kappa shape index (κ2) is 22.6. The summed E-state index contributed by atoms with van der Waals surface area (Å²) in [6, 6.07) is -8.25. The van der Waals surface area contributed by atoms with Crippen LogP contribution in [0, 0.1) is 11.8 Å². The Morgan fingerprint density at radius 2 is 1.28 bits per heavy atom. The molecule has 3 heterocycles. The van der Waals surface area contributed by atoms with E-state index in [2.05, 4.69) is 31.9 Å². The van der Waals surface area contributed by atoms with Crippen LogP contribution in [0.1, 0.15) is 92.4 Å². The van der Waals surface area contributed by atoms with E-state index in [9.17, 15) is 48.3 Å². The van der Waals surface area contributed by atoms with Crippen LogP contribution in [0.3, 0.4) is 0 Å². The van der Waals surface area contributed by atoms with E-state index in [4.69, 9.17) is 5.73 Å². The minimum absolute atomic E-state index is 0.0516. The van der Waals surface area contributed by atoms with Crippen LogP contribution in [0.2, 0.25) is 0 Å². The maximum atomic E-state index is 14.3. The van der Waals surface area contributed by atoms with Crippen molar-refractivity contribution < 1.29 is 48.3 Å². The van der Waals surface area contributed by atoms with Gasteiger partial charge in [0.1, 0.15) is 42.3 Å². The minimum Gasteiger partial charge on any atom is -0.391 e. The molecular formula is C38H63N9O10S. The number of carbonyl (C=O) groups is 9. The molecule has 9 N–H and O–H groups in total. The lowest BCUT2D eigenvalue weighted by Crippen LogP contribution is -2.61. The average molecular weight is 838 g/mol. The van der Waals surface area contributed by atoms with Crippen molar-refractivity contribution in [2.45, 2.75) is 141 Å². The molecule has 0 saturated carbocycles. The van der Waals surface area contributed by atoms with Crippen molar-refractivity contribution in [3.8, 4) is 0 Å². The van der Waals surface area contributed by atoms with Crippen molar-refractivity contribution in [3.05, 3.63) is 0 Å². The van der Waals surface area contributed by atoms with E-state index in [1.54, 1.807) is 6.92 Å². The number of amides is 9. The Labute approximate surface area is 344 Å². The fourth-order valence-electron chi connectivity index (χ4n) is 7.39. The zero-order valence-electron chi connectivity index (χ0n) is 34.5. The quantitative estimate of drug-likeness (QED) is 0.113. The van der Waals surface area contributed by atoms with Crippen LogP contribution in [-0.4, -0.2) is 148 Å². The average Bonchev–Trinajstić information content (AvgIpc) is 3.87. The first-order valence-electron chi connectivity index (χ1n) is 20.2. The van der Waals surface area contributed by atoms with Gasteiger partial charge >= 0.3 is 0 Å². The molecule has 3 aliphatic rings. The Bertz CT molecular complexity index is 1530. The standard InChI is InChI=1S/C38H63N9O10S/c1-7-21(4)30-38(57)47-16-9-10-26(47)34(53)42-23(12-13-28(39)49)33(52)45-31(22(5)48)36(55)40-19-29(50)41-24(14-17-58-6)32(51)43-25(18-20(2)3)37(56)46-15-8-11-27(46)35(54)44-30/h20-27,30-31,48H,7-19H2,1-6H3,(H2,39,49)(H,40,55)(H,41,50)(H,42,53)(H,43,51)(H,44,54)(H,45,52). The normalized spacial score (nSPS) is 28.6. The molecule has 58 heavy (non-hydrogen) atoms. The number of nitrogens with one attached hydrogen (secondary N) is 6. The monoisotopic (exact) mass is 837 g/mol. The molecule has 19 nitrogen and oxygen atoms in total. The first-order valence-corrected chi connectivity index (χ1v) is 21.6. The lowest BCUT2D eigenvalue weighted by atomic mass is 9.96. The van der Waals surface area contributed by atoms with Gasteiger partial charge in [0.25, 0.3) is 0 Å². The number of fused-ring (bicyclic) bond motifs is 2. The van der Waals surface area contributed by atoms with Gasteiger partial charge in [0, 0.05) is 19.5 Å². The Morgan fingerprint density at radius 3 is 1.83 bits per heavy atom. The largest absolute Gasteiger partial charge is 0.391 e. The van der Waals surface area contributed by atoms with Crippen molar-refractivity contribution >= 4 is 64.9 Å². The van der Waals surface area contributed by atoms with Crippen LogP contribution in [-0.2, 0) is 43.2 Å². The van der Waals surface area contributed by atoms with Gasteiger partial charge in [-0.2, -0.15) is 11.8 Å². The molecule has 3 fully saturated rings. The van der Waals surface area contributed by atoms with Crippen molar-refractivity contribution in [2.75, 3.05) is 31.6 Å². The third kappa shape index (κ3) is 13.3. The third-order valence-corrected chi connectivity index (χ3v) is 11.5. The van der Waals surface area contributed by atoms with Crippen molar-refractivity contribution in [1.29, 1.82) is 0 Å². The number of hydrogen-bond acceptors (Lipinski definition) is 11. The lowest BCUT2D eigenvalue weighted by molar-refractivity contribution is -0.145. The van der Waals surface area contributed by atoms with Crippen LogP contribution in [0.4, 0.5) is 0 Å². The van der Waals surface area contributed by atoms with Crippen LogP contribution in [0.25, 0.3) is 0 Å². The lowest BCUT2D eigenvalue weighted by Gasteiger charge is -2.34. The number of carbonyl (C=O) groups excluding carboxylic acids is 9. The Morgan fingerprint density at radius 1 is 0.741 bits per heavy atom. The number of hydrogen-bond donors (Lipinski definition) is 8. The van der Waals surface area contributed by atoms with E-state index in [1.165, 1.54) is 28.5 Å². The van der Waals surface area contributed by atoms with E-state index >= 15 is 0 Å². The molecule has 20 heteroatoms. The van der Waals surface area contributed by atoms with Gasteiger partial charge < -0.3 is 52.5 Å². The topological polar surface area (TPSA) is 279 Å². The molecule has 0 aromatic rings. The van der Waals surface area contributed by atoms with Crippen molar-refractivity contribution in [3.63, 3.8) is 0 Å². The zero-order valence-corrected chi connectivity index (χ0v) is 35.3. The molecule has 9 amide bonds. The van der Waals surface area contributed by atoms with E-state index in [1.807, 2.05) is 27.0 Å². The number of primary amides is 1. The Balaban J connectivity index is 2.06. The maximum absolute atomic E-state index is 14.3. The maximum Gasteiger partial charge on any atom is 0.246 e. The van der Waals surface area contributed by atoms with E-state index in [0.29, 0.717) is 31.4 Å². The highest BCUT2D eigenvalue weighted by Gasteiger charge is 2.44. The molecule has 0 aromatic carbocycles. The van der Waals surface area contributed by atoms with Crippen LogP contribution in [0.5, 0.6) is 0 Å². The summed E-state index contributed by atoms with van der Waals surface area (Å²) in [5, 5.41) is 26.1. The Hall–Kier alpha value is -4.46. The number of aliphatic hydroxyl groups excluding tert-OH is 1. The summed E-state index contributed by atoms with van der Waals surface area (Å²) in [7, 11) is 0. The van der Waals surface area contributed by atoms with E-state index < -0.39 is 108 Å². The van der Waals surface area contributed by atoms with Crippen LogP contribution in [0.15, 0.2) is 0 Å². The summed E-state index contributed by atoms with van der Waals surface area (Å²) in [6.07, 6.45) is 2.11. The molecular weight excluding hydrogens is 775 g/mol. The second-order valence-corrected chi connectivity index (χ2v) is 16.8. The highest BCUT2D eigenvalue weighted by atomic mass is 32.2. The number of nitrogens with zero attached hydrogens (tertiary/aromatic N) is 2. The highest BCUT2D eigenvalue weighted by Crippen LogP contribution is 2.25. The molecule has 0 aromatic heterocycles. The molecule has 0 radical (unpaired) electrons. The first kappa shape index (κ1) is 47.9. The van der Waals surface area contributed by atoms with Gasteiger partial charge in [0.15, 0.2) is 0 Å². The molecule has 9 unspecified atom stereocenters. The molecule has 0 spiro atoms. The number of nitrogens with two attached hydrogens (primary N) is 1. The minimum atomic E-state index is -1.61. The van der Waals surface area contributed by atoms with Gasteiger partial charge in [-0.05, 0) is 75.7 Å². The van der Waals surface area contributed by atoms with Crippen molar-refractivity contribution in [2.24, 2.45) is 17.6 Å². The molecule has 0 aliphatic carbocycles. The zero-order chi connectivity index (χ0) is 43.3. The molecule has 3 aliphatic heterocycles. The molecule has 3 rings (SSSR count). The molecule has 9 atom stereocenters. The second-order valence-electron chi connectivity index (χ2n) is 15.9. The highest BCUT2D eigenvalue weighted by molar-refractivity contribution is 7.98. The summed E-state index contributed by atoms with van der Waals surface area (Å²) in [5.74, 6) is -6.28. The fraction of sp³-hybridized carbons (Fsp3) is 0.763. The summed E-state index contributed by atoms with van der Waals surface area (Å²) in [4.78, 5) is 125. The summed E-state index contributed by atoms with van der Waals surface area (Å²) >= 11 is 1.43. The summed E-state index contributed by atoms with van der Waals surface area (Å²) < 4.78 is 0. The van der Waals surface area contributed by atoms with Gasteiger partial charge in [-0.25, -0.2) is 0 Å². The Kier molecular flexibility index (Phi) is 18.7. The molecule has 326 valence electrons. The van der Waals surface area contributed by atoms with E-state index in [-0.39, 0.29) is 57.0 Å². The van der Waals surface area contributed by atoms with Gasteiger partial charge in [-0.15, -0.1) is 0 Å². The molecule has 0 bridgehead atoms. The van der Waals surface area contributed by atoms with Gasteiger partial charge in [0.05, 0.1) is 12.6 Å². The van der Waals surface area contributed by atoms with Crippen LogP contribution >= 0.6 is 11.8 Å². The van der Waals surface area contributed by atoms with Crippen molar-refractivity contribution in [1.82, 2.24) is 41.7 Å². The SMILES string of the molecule is CCC(C)C1NC(=O)C2CCCN2C(=O)C(CC(C)C)NC(=O)C(CCSC)NC(=O)CNC(=O)C(C(C)O)NC(=O)C(CCC(N)=O)NC(=O)C2CCCN2C1=O. The van der Waals surface area contributed by atoms with Gasteiger partial charge in [-0.1, -0.05) is 34.1 Å². The van der Waals surface area contributed by atoms with E-state index in [0.717, 1.165) is 0 Å². The number of aliphatic hydroxyl groups is 1. The van der Waals surface area contributed by atoms with Gasteiger partial charge in [-0.3, -0.25) is 43.2 Å². The van der Waals surface area contributed by atoms with Gasteiger partial charge in [0.2, 0.25) is 53.2 Å². The predicted octanol–water partition coefficient (Wildman–Crippen LogP) is -1.99. The fourth-order valence-corrected chi connectivity index (χ4v) is 7.86. The predicted molar refractivity (Wildman–Crippen MR) is 214 cm³/mol. The summed E-state index contributed by atoms with van der Waals surface area (Å²) in [5.41, 5.74) is 5.35. The third-order valence-electron chi connectivity index (χ3n) is 10.8. The summed E-state index contributed by atoms with van der Waals surface area (Å²) in [6.45, 7) is 8.41. The number of rotatable bonds is 11. The molecule has 3 saturated heterocycles. The number of thioether (sulfide) groups is 1. The smallest absolute Gasteiger partial charge is 0.246 e. The van der Waals surface area contributed by atoms with Crippen LogP contribution < -0.4 is 37.6 Å².